The summed E-state index contributed by atoms with van der Waals surface area (Å²) < 4.78 is 33.4. The van der Waals surface area contributed by atoms with Crippen LogP contribution in [-0.4, -0.2) is 45.0 Å². The number of hydrogen-bond donors (Lipinski definition) is 1. The molecule has 2 aliphatic heterocycles. The van der Waals surface area contributed by atoms with E-state index < -0.39 is 10.0 Å². The molecule has 2 aliphatic rings. The first-order valence-corrected chi connectivity index (χ1v) is 11.6. The van der Waals surface area contributed by atoms with Crippen molar-refractivity contribution in [2.75, 3.05) is 19.7 Å². The Balaban J connectivity index is 1.38. The number of sulfonamides is 1. The number of nitrogens with one attached hydrogen (secondary N) is 1. The molecule has 2 aromatic rings. The van der Waals surface area contributed by atoms with Gasteiger partial charge in [-0.25, -0.2) is 13.1 Å². The Labute approximate surface area is 172 Å². The van der Waals surface area contributed by atoms with Gasteiger partial charge in [0, 0.05) is 29.7 Å². The van der Waals surface area contributed by atoms with Crippen molar-refractivity contribution in [2.24, 2.45) is 0 Å². The molecule has 6 nitrogen and oxygen atoms in total. The van der Waals surface area contributed by atoms with E-state index in [1.54, 1.807) is 40.6 Å². The molecule has 0 unspecified atom stereocenters. The quantitative estimate of drug-likeness (QED) is 0.795. The predicted octanol–water partition coefficient (Wildman–Crippen LogP) is 3.15. The standard InChI is InChI=1S/C19H19ClN2O4S2/c20-15-3-4-17-13(11-15)10-14(12-26-17)19(23)22-7-5-16(6-8-22)21-28(24,25)18-2-1-9-27-18/h1-4,9-11,16,21H,5-8,12H2. The number of carbonyl (C=O) groups is 1. The van der Waals surface area contributed by atoms with Gasteiger partial charge in [-0.2, -0.15) is 0 Å². The number of hydrogen-bond acceptors (Lipinski definition) is 5. The van der Waals surface area contributed by atoms with Gasteiger partial charge in [0.2, 0.25) is 10.0 Å². The smallest absolute Gasteiger partial charge is 0.253 e. The van der Waals surface area contributed by atoms with Crippen LogP contribution in [0.2, 0.25) is 5.02 Å². The minimum atomic E-state index is -3.49. The lowest BCUT2D eigenvalue weighted by Gasteiger charge is -2.33. The highest BCUT2D eigenvalue weighted by Gasteiger charge is 2.29. The van der Waals surface area contributed by atoms with Gasteiger partial charge < -0.3 is 9.64 Å². The molecule has 1 aromatic carbocycles. The minimum absolute atomic E-state index is 0.0785. The van der Waals surface area contributed by atoms with Gasteiger partial charge in [-0.3, -0.25) is 4.79 Å². The Morgan fingerprint density at radius 1 is 1.25 bits per heavy atom. The average molecular weight is 439 g/mol. The van der Waals surface area contributed by atoms with Crippen molar-refractivity contribution in [1.29, 1.82) is 0 Å². The van der Waals surface area contributed by atoms with Crippen molar-refractivity contribution in [1.82, 2.24) is 9.62 Å². The third-order valence-electron chi connectivity index (χ3n) is 4.82. The molecule has 9 heteroatoms. The molecular weight excluding hydrogens is 420 g/mol. The Bertz CT molecular complexity index is 1010. The van der Waals surface area contributed by atoms with E-state index in [-0.39, 0.29) is 18.6 Å². The lowest BCUT2D eigenvalue weighted by molar-refractivity contribution is -0.128. The molecule has 0 saturated carbocycles. The zero-order valence-corrected chi connectivity index (χ0v) is 17.3. The van der Waals surface area contributed by atoms with Gasteiger partial charge in [0.05, 0.1) is 5.57 Å². The number of ether oxygens (including phenoxy) is 1. The van der Waals surface area contributed by atoms with Crippen molar-refractivity contribution in [3.8, 4) is 5.75 Å². The fourth-order valence-electron chi connectivity index (χ4n) is 3.37. The molecule has 3 heterocycles. The number of carbonyl (C=O) groups excluding carboxylic acids is 1. The zero-order valence-electron chi connectivity index (χ0n) is 14.9. The summed E-state index contributed by atoms with van der Waals surface area (Å²) in [5.74, 6) is 0.632. The van der Waals surface area contributed by atoms with Crippen LogP contribution in [0.25, 0.3) is 6.08 Å². The lowest BCUT2D eigenvalue weighted by Crippen LogP contribution is -2.47. The maximum absolute atomic E-state index is 12.8. The number of halogens is 1. The molecule has 0 aliphatic carbocycles. The largest absolute Gasteiger partial charge is 0.488 e. The third kappa shape index (κ3) is 4.10. The monoisotopic (exact) mass is 438 g/mol. The number of fused-ring (bicyclic) bond motifs is 1. The molecule has 1 fully saturated rings. The number of rotatable bonds is 4. The Morgan fingerprint density at radius 2 is 2.04 bits per heavy atom. The van der Waals surface area contributed by atoms with Crippen molar-refractivity contribution in [3.63, 3.8) is 0 Å². The summed E-state index contributed by atoms with van der Waals surface area (Å²) in [6, 6.07) is 8.45. The van der Waals surface area contributed by atoms with Crippen LogP contribution in [0.15, 0.2) is 45.5 Å². The van der Waals surface area contributed by atoms with Crippen LogP contribution in [0.3, 0.4) is 0 Å². The van der Waals surface area contributed by atoms with E-state index >= 15 is 0 Å². The van der Waals surface area contributed by atoms with E-state index in [1.807, 2.05) is 6.08 Å². The summed E-state index contributed by atoms with van der Waals surface area (Å²) in [7, 11) is -3.49. The molecule has 0 atom stereocenters. The first-order valence-electron chi connectivity index (χ1n) is 8.90. The SMILES string of the molecule is O=C(C1=Cc2cc(Cl)ccc2OC1)N1CCC(NS(=O)(=O)c2cccs2)CC1. The molecule has 1 aromatic heterocycles. The van der Waals surface area contributed by atoms with Crippen LogP contribution in [0.4, 0.5) is 0 Å². The van der Waals surface area contributed by atoms with Gasteiger partial charge in [0.25, 0.3) is 5.91 Å². The van der Waals surface area contributed by atoms with Gasteiger partial charge in [0.15, 0.2) is 0 Å². The number of piperidine rings is 1. The highest BCUT2D eigenvalue weighted by Crippen LogP contribution is 2.30. The average Bonchev–Trinajstić information content (AvgIpc) is 3.23. The van der Waals surface area contributed by atoms with Gasteiger partial charge in [-0.1, -0.05) is 17.7 Å². The molecule has 148 valence electrons. The van der Waals surface area contributed by atoms with Crippen molar-refractivity contribution >= 4 is 44.9 Å². The van der Waals surface area contributed by atoms with Crippen LogP contribution in [0, 0.1) is 0 Å². The van der Waals surface area contributed by atoms with Gasteiger partial charge in [0.1, 0.15) is 16.6 Å². The highest BCUT2D eigenvalue weighted by molar-refractivity contribution is 7.91. The second kappa shape index (κ2) is 7.87. The van der Waals surface area contributed by atoms with Crippen LogP contribution >= 0.6 is 22.9 Å². The molecule has 0 radical (unpaired) electrons. The lowest BCUT2D eigenvalue weighted by atomic mass is 10.0. The minimum Gasteiger partial charge on any atom is -0.488 e. The Morgan fingerprint density at radius 3 is 2.75 bits per heavy atom. The van der Waals surface area contributed by atoms with Crippen LogP contribution in [0.5, 0.6) is 5.75 Å². The van der Waals surface area contributed by atoms with Gasteiger partial charge >= 0.3 is 0 Å². The Hall–Kier alpha value is -1.87. The number of benzene rings is 1. The Kier molecular flexibility index (Phi) is 5.46. The molecule has 0 bridgehead atoms. The van der Waals surface area contributed by atoms with E-state index in [9.17, 15) is 13.2 Å². The second-order valence-corrected chi connectivity index (χ2v) is 10.1. The first kappa shape index (κ1) is 19.4. The maximum atomic E-state index is 12.8. The molecule has 1 N–H and O–H groups in total. The fraction of sp³-hybridized carbons (Fsp3) is 0.316. The highest BCUT2D eigenvalue weighted by atomic mass is 35.5. The van der Waals surface area contributed by atoms with Gasteiger partial charge in [-0.15, -0.1) is 11.3 Å². The molecule has 28 heavy (non-hydrogen) atoms. The zero-order chi connectivity index (χ0) is 19.7. The van der Waals surface area contributed by atoms with Crippen LogP contribution < -0.4 is 9.46 Å². The van der Waals surface area contributed by atoms with E-state index in [2.05, 4.69) is 4.72 Å². The fourth-order valence-corrected chi connectivity index (χ4v) is 5.86. The third-order valence-corrected chi connectivity index (χ3v) is 7.98. The van der Waals surface area contributed by atoms with Crippen LogP contribution in [0.1, 0.15) is 18.4 Å². The predicted molar refractivity (Wildman–Crippen MR) is 109 cm³/mol. The topological polar surface area (TPSA) is 75.7 Å². The summed E-state index contributed by atoms with van der Waals surface area (Å²) in [5, 5.41) is 2.33. The van der Waals surface area contributed by atoms with Crippen molar-refractivity contribution < 1.29 is 17.9 Å². The van der Waals surface area contributed by atoms with Crippen LogP contribution in [-0.2, 0) is 14.8 Å². The van der Waals surface area contributed by atoms with E-state index in [1.165, 1.54) is 11.3 Å². The number of likely N-dealkylation sites (tertiary alicyclic amines) is 1. The summed E-state index contributed by atoms with van der Waals surface area (Å²) in [6.07, 6.45) is 2.97. The summed E-state index contributed by atoms with van der Waals surface area (Å²) in [6.45, 7) is 1.21. The van der Waals surface area contributed by atoms with Crippen molar-refractivity contribution in [3.05, 3.63) is 51.9 Å². The molecule has 4 rings (SSSR count). The molecule has 1 amide bonds. The maximum Gasteiger partial charge on any atom is 0.253 e. The van der Waals surface area contributed by atoms with Crippen molar-refractivity contribution in [2.45, 2.75) is 23.1 Å². The number of amides is 1. The number of nitrogens with zero attached hydrogens (tertiary/aromatic N) is 1. The summed E-state index contributed by atoms with van der Waals surface area (Å²) in [5.41, 5.74) is 1.37. The normalized spacial score (nSPS) is 17.6. The van der Waals surface area contributed by atoms with E-state index in [0.29, 0.717) is 46.5 Å². The molecule has 0 spiro atoms. The first-order chi connectivity index (χ1) is 13.4. The second-order valence-electron chi connectivity index (χ2n) is 6.76. The number of thiophene rings is 1. The summed E-state index contributed by atoms with van der Waals surface area (Å²) >= 11 is 7.22. The molecule has 1 saturated heterocycles. The summed E-state index contributed by atoms with van der Waals surface area (Å²) in [4.78, 5) is 14.6. The van der Waals surface area contributed by atoms with Gasteiger partial charge in [-0.05, 0) is 48.6 Å². The van der Waals surface area contributed by atoms with E-state index in [4.69, 9.17) is 16.3 Å². The molecular formula is C19H19ClN2O4S2. The van der Waals surface area contributed by atoms with E-state index in [0.717, 1.165) is 5.56 Å².